The number of hydrogen-bond acceptors (Lipinski definition) is 6. The lowest BCUT2D eigenvalue weighted by atomic mass is 10.1. The number of nitrogens with one attached hydrogen (secondary N) is 1. The van der Waals surface area contributed by atoms with Gasteiger partial charge in [0.15, 0.2) is 0 Å². The van der Waals surface area contributed by atoms with E-state index >= 15 is 0 Å². The Kier molecular flexibility index (Phi) is 5.33. The molecule has 1 aliphatic rings. The molecule has 0 spiro atoms. The van der Waals surface area contributed by atoms with Crippen LogP contribution in [-0.2, 0) is 4.74 Å². The second-order valence-electron chi connectivity index (χ2n) is 5.76. The molecule has 6 bridgehead atoms. The van der Waals surface area contributed by atoms with Crippen molar-refractivity contribution in [3.63, 3.8) is 0 Å². The fourth-order valence-corrected chi connectivity index (χ4v) is 3.48. The minimum Gasteiger partial charge on any atom is -0.491 e. The molecule has 26 heavy (non-hydrogen) atoms. The van der Waals surface area contributed by atoms with E-state index < -0.39 is 0 Å². The number of anilines is 2. The van der Waals surface area contributed by atoms with Crippen molar-refractivity contribution >= 4 is 23.4 Å². The van der Waals surface area contributed by atoms with Crippen LogP contribution in [0.5, 0.6) is 5.75 Å². The zero-order valence-electron chi connectivity index (χ0n) is 14.2. The van der Waals surface area contributed by atoms with E-state index in [4.69, 9.17) is 9.47 Å². The number of aromatic nitrogens is 2. The second-order valence-corrected chi connectivity index (χ2v) is 6.92. The summed E-state index contributed by atoms with van der Waals surface area (Å²) in [7, 11) is 0. The predicted octanol–water partition coefficient (Wildman–Crippen LogP) is 4.39. The van der Waals surface area contributed by atoms with Gasteiger partial charge in [0.2, 0.25) is 5.95 Å². The highest BCUT2D eigenvalue weighted by atomic mass is 32.2. The average molecular weight is 365 g/mol. The first kappa shape index (κ1) is 16.9. The third-order valence-corrected chi connectivity index (χ3v) is 4.83. The van der Waals surface area contributed by atoms with Crippen molar-refractivity contribution in [2.24, 2.45) is 0 Å². The van der Waals surface area contributed by atoms with Crippen LogP contribution >= 0.6 is 11.8 Å². The Morgan fingerprint density at radius 1 is 0.962 bits per heavy atom. The zero-order chi connectivity index (χ0) is 17.6. The third kappa shape index (κ3) is 4.33. The van der Waals surface area contributed by atoms with Crippen LogP contribution in [0.25, 0.3) is 11.3 Å². The predicted molar refractivity (Wildman–Crippen MR) is 104 cm³/mol. The Bertz CT molecular complexity index is 888. The number of ether oxygens (including phenoxy) is 2. The largest absolute Gasteiger partial charge is 0.491 e. The van der Waals surface area contributed by atoms with E-state index in [9.17, 15) is 0 Å². The summed E-state index contributed by atoms with van der Waals surface area (Å²) in [5, 5.41) is 3.29. The molecular formula is C20H19N3O2S. The molecule has 6 heteroatoms. The normalized spacial score (nSPS) is 14.6. The molecule has 1 N–H and O–H groups in total. The second kappa shape index (κ2) is 8.21. The maximum atomic E-state index is 5.79. The summed E-state index contributed by atoms with van der Waals surface area (Å²) in [4.78, 5) is 10.2. The first-order valence-corrected chi connectivity index (χ1v) is 9.49. The van der Waals surface area contributed by atoms with Crippen LogP contribution in [0, 0.1) is 0 Å². The van der Waals surface area contributed by atoms with Crippen LogP contribution in [0.3, 0.4) is 0 Å². The first-order chi connectivity index (χ1) is 12.9. The van der Waals surface area contributed by atoms with E-state index in [0.717, 1.165) is 28.4 Å². The Hall–Kier alpha value is -2.57. The molecule has 0 atom stereocenters. The molecule has 0 aliphatic carbocycles. The van der Waals surface area contributed by atoms with Crippen molar-refractivity contribution in [2.45, 2.75) is 4.90 Å². The molecule has 4 rings (SSSR count). The molecule has 1 aromatic heterocycles. The highest BCUT2D eigenvalue weighted by molar-refractivity contribution is 7.99. The maximum absolute atomic E-state index is 5.79. The molecule has 5 nitrogen and oxygen atoms in total. The van der Waals surface area contributed by atoms with Gasteiger partial charge < -0.3 is 14.8 Å². The Morgan fingerprint density at radius 2 is 1.92 bits per heavy atom. The van der Waals surface area contributed by atoms with E-state index in [1.807, 2.05) is 42.5 Å². The summed E-state index contributed by atoms with van der Waals surface area (Å²) in [6.45, 7) is 1.79. The molecule has 0 radical (unpaired) electrons. The summed E-state index contributed by atoms with van der Waals surface area (Å²) in [6.07, 6.45) is 1.76. The molecule has 0 saturated heterocycles. The van der Waals surface area contributed by atoms with Gasteiger partial charge in [-0.1, -0.05) is 18.2 Å². The molecule has 0 saturated carbocycles. The Morgan fingerprint density at radius 3 is 2.92 bits per heavy atom. The lowest BCUT2D eigenvalue weighted by Gasteiger charge is -2.09. The molecule has 3 aromatic rings. The van der Waals surface area contributed by atoms with E-state index in [1.54, 1.807) is 18.0 Å². The van der Waals surface area contributed by atoms with Crippen molar-refractivity contribution in [3.05, 3.63) is 60.8 Å². The van der Waals surface area contributed by atoms with Gasteiger partial charge >= 0.3 is 0 Å². The Labute approximate surface area is 156 Å². The van der Waals surface area contributed by atoms with Crippen molar-refractivity contribution in [1.29, 1.82) is 0 Å². The van der Waals surface area contributed by atoms with Gasteiger partial charge in [0.1, 0.15) is 12.4 Å². The molecule has 2 aromatic carbocycles. The highest BCUT2D eigenvalue weighted by Gasteiger charge is 2.06. The number of thioether (sulfide) groups is 1. The quantitative estimate of drug-likeness (QED) is 0.638. The lowest BCUT2D eigenvalue weighted by Crippen LogP contribution is -2.08. The minimum absolute atomic E-state index is 0.528. The molecule has 0 amide bonds. The van der Waals surface area contributed by atoms with Crippen LogP contribution in [0.2, 0.25) is 0 Å². The van der Waals surface area contributed by atoms with Crippen LogP contribution in [0.4, 0.5) is 11.6 Å². The third-order valence-electron chi connectivity index (χ3n) is 3.87. The number of hydrogen-bond donors (Lipinski definition) is 1. The average Bonchev–Trinajstić information content (AvgIpc) is 2.67. The maximum Gasteiger partial charge on any atom is 0.227 e. The number of fused-ring (bicyclic) bond motifs is 7. The van der Waals surface area contributed by atoms with E-state index in [0.29, 0.717) is 25.8 Å². The minimum atomic E-state index is 0.528. The summed E-state index contributed by atoms with van der Waals surface area (Å²) in [5.74, 6) is 2.28. The zero-order valence-corrected chi connectivity index (χ0v) is 15.0. The smallest absolute Gasteiger partial charge is 0.227 e. The molecule has 132 valence electrons. The molecule has 0 fully saturated rings. The van der Waals surface area contributed by atoms with E-state index in [1.165, 1.54) is 4.90 Å². The SMILES string of the molecule is c1cc2cc(c1)SCCOCCOc1cccc(c1)-c1ccnc(n1)N2. The molecule has 0 unspecified atom stereocenters. The number of nitrogens with zero attached hydrogens (tertiary/aromatic N) is 2. The van der Waals surface area contributed by atoms with Crippen LogP contribution in [0.15, 0.2) is 65.7 Å². The fraction of sp³-hybridized carbons (Fsp3) is 0.200. The number of benzene rings is 2. The van der Waals surface area contributed by atoms with Gasteiger partial charge in [0, 0.05) is 28.1 Å². The van der Waals surface area contributed by atoms with Crippen molar-refractivity contribution < 1.29 is 9.47 Å². The monoisotopic (exact) mass is 365 g/mol. The van der Waals surface area contributed by atoms with Gasteiger partial charge in [-0.25, -0.2) is 9.97 Å². The highest BCUT2D eigenvalue weighted by Crippen LogP contribution is 2.25. The topological polar surface area (TPSA) is 56.3 Å². The van der Waals surface area contributed by atoms with Crippen LogP contribution < -0.4 is 10.1 Å². The summed E-state index contributed by atoms with van der Waals surface area (Å²) < 4.78 is 11.4. The van der Waals surface area contributed by atoms with E-state index in [-0.39, 0.29) is 0 Å². The van der Waals surface area contributed by atoms with Crippen molar-refractivity contribution in [2.75, 3.05) is 30.9 Å². The summed E-state index contributed by atoms with van der Waals surface area (Å²) in [5.41, 5.74) is 2.80. The van der Waals surface area contributed by atoms with Crippen LogP contribution in [-0.4, -0.2) is 35.5 Å². The molecule has 2 heterocycles. The number of rotatable bonds is 0. The van der Waals surface area contributed by atoms with E-state index in [2.05, 4.69) is 27.4 Å². The summed E-state index contributed by atoms with van der Waals surface area (Å²) in [6, 6.07) is 18.0. The van der Waals surface area contributed by atoms with Crippen LogP contribution in [0.1, 0.15) is 0 Å². The van der Waals surface area contributed by atoms with Gasteiger partial charge in [0.05, 0.1) is 18.9 Å². The molecule has 1 aliphatic heterocycles. The molecular weight excluding hydrogens is 346 g/mol. The van der Waals surface area contributed by atoms with Gasteiger partial charge in [-0.2, -0.15) is 0 Å². The summed E-state index contributed by atoms with van der Waals surface area (Å²) >= 11 is 1.76. The van der Waals surface area contributed by atoms with Crippen molar-refractivity contribution in [3.8, 4) is 17.0 Å². The van der Waals surface area contributed by atoms with Gasteiger partial charge in [0.25, 0.3) is 0 Å². The van der Waals surface area contributed by atoms with Gasteiger partial charge in [-0.05, 0) is 36.4 Å². The van der Waals surface area contributed by atoms with Crippen molar-refractivity contribution in [1.82, 2.24) is 9.97 Å². The standard InChI is InChI=1S/C20H19N3O2S/c1-3-15-13-17(5-1)25-10-9-24-11-12-26-18-6-2-4-16(14-18)22-20-21-8-7-19(15)23-20/h1-8,13-14H,9-12H2,(H,21,22,23). The van der Waals surface area contributed by atoms with Gasteiger partial charge in [-0.15, -0.1) is 11.8 Å². The Balaban J connectivity index is 1.67. The first-order valence-electron chi connectivity index (χ1n) is 8.51. The lowest BCUT2D eigenvalue weighted by molar-refractivity contribution is 0.112. The van der Waals surface area contributed by atoms with Gasteiger partial charge in [-0.3, -0.25) is 0 Å². The fourth-order valence-electron chi connectivity index (χ4n) is 2.66.